The highest BCUT2D eigenvalue weighted by Crippen LogP contribution is 2.28. The van der Waals surface area contributed by atoms with E-state index in [1.807, 2.05) is 53.0 Å². The van der Waals surface area contributed by atoms with E-state index in [1.165, 1.54) is 0 Å². The number of aromatic nitrogens is 3. The molecule has 8 heteroatoms. The van der Waals surface area contributed by atoms with Crippen molar-refractivity contribution in [3.05, 3.63) is 65.7 Å². The molecule has 1 unspecified atom stereocenters. The van der Waals surface area contributed by atoms with Gasteiger partial charge in [-0.25, -0.2) is 0 Å². The third kappa shape index (κ3) is 3.91. The highest BCUT2D eigenvalue weighted by Gasteiger charge is 2.31. The highest BCUT2D eigenvalue weighted by molar-refractivity contribution is 5.94. The van der Waals surface area contributed by atoms with Crippen LogP contribution in [0, 0.1) is 0 Å². The van der Waals surface area contributed by atoms with Gasteiger partial charge in [-0.1, -0.05) is 6.07 Å². The zero-order valence-electron chi connectivity index (χ0n) is 17.4. The van der Waals surface area contributed by atoms with Gasteiger partial charge in [0.15, 0.2) is 11.5 Å². The molecule has 0 aliphatic carbocycles. The van der Waals surface area contributed by atoms with E-state index in [0.717, 1.165) is 11.3 Å². The summed E-state index contributed by atoms with van der Waals surface area (Å²) in [6.07, 6.45) is 5.39. The van der Waals surface area contributed by atoms with Crippen LogP contribution in [0.15, 0.2) is 48.9 Å². The second-order valence-electron chi connectivity index (χ2n) is 7.25. The number of rotatable bonds is 6. The summed E-state index contributed by atoms with van der Waals surface area (Å²) in [6, 6.07) is 9.63. The van der Waals surface area contributed by atoms with Crippen LogP contribution in [-0.2, 0) is 18.3 Å². The zero-order valence-corrected chi connectivity index (χ0v) is 17.4. The fraction of sp³-hybridized carbons (Fsp3) is 0.364. The Hall–Kier alpha value is -3.26. The Morgan fingerprint density at radius 3 is 2.80 bits per heavy atom. The minimum absolute atomic E-state index is 0.0388. The summed E-state index contributed by atoms with van der Waals surface area (Å²) in [5.41, 5.74) is 2.63. The van der Waals surface area contributed by atoms with Crippen LogP contribution in [0.2, 0.25) is 0 Å². The van der Waals surface area contributed by atoms with Crippen molar-refractivity contribution in [1.29, 1.82) is 0 Å². The van der Waals surface area contributed by atoms with Gasteiger partial charge in [0.05, 0.1) is 51.8 Å². The van der Waals surface area contributed by atoms with Crippen molar-refractivity contribution in [2.24, 2.45) is 7.05 Å². The number of carbonyl (C=O) groups excluding carboxylic acids is 1. The Bertz CT molecular complexity index is 1030. The Kier molecular flexibility index (Phi) is 5.76. The third-order valence-electron chi connectivity index (χ3n) is 5.39. The third-order valence-corrected chi connectivity index (χ3v) is 5.39. The number of amides is 1. The van der Waals surface area contributed by atoms with Gasteiger partial charge < -0.3 is 23.7 Å². The molecule has 30 heavy (non-hydrogen) atoms. The first-order valence-corrected chi connectivity index (χ1v) is 9.84. The number of morpholine rings is 1. The molecule has 3 heterocycles. The van der Waals surface area contributed by atoms with Gasteiger partial charge in [-0.15, -0.1) is 0 Å². The van der Waals surface area contributed by atoms with Crippen LogP contribution in [0.1, 0.15) is 27.7 Å². The van der Waals surface area contributed by atoms with Crippen LogP contribution in [0.4, 0.5) is 0 Å². The van der Waals surface area contributed by atoms with Gasteiger partial charge in [-0.05, 0) is 29.8 Å². The number of aryl methyl sites for hydroxylation is 1. The number of hydrogen-bond donors (Lipinski definition) is 0. The molecule has 0 saturated carbocycles. The predicted octanol–water partition coefficient (Wildman–Crippen LogP) is 2.50. The smallest absolute Gasteiger partial charge is 0.257 e. The molecule has 3 aromatic rings. The van der Waals surface area contributed by atoms with Crippen molar-refractivity contribution < 1.29 is 19.0 Å². The van der Waals surface area contributed by atoms with E-state index in [2.05, 4.69) is 5.10 Å². The van der Waals surface area contributed by atoms with Crippen LogP contribution in [0.5, 0.6) is 11.5 Å². The van der Waals surface area contributed by atoms with Crippen molar-refractivity contribution in [3.8, 4) is 11.5 Å². The summed E-state index contributed by atoms with van der Waals surface area (Å²) >= 11 is 0. The fourth-order valence-corrected chi connectivity index (χ4v) is 3.80. The lowest BCUT2D eigenvalue weighted by Crippen LogP contribution is -2.44. The summed E-state index contributed by atoms with van der Waals surface area (Å²) < 4.78 is 20.1. The Morgan fingerprint density at radius 2 is 2.07 bits per heavy atom. The molecule has 2 aromatic heterocycles. The zero-order chi connectivity index (χ0) is 21.1. The van der Waals surface area contributed by atoms with Crippen LogP contribution < -0.4 is 9.47 Å². The molecule has 0 bridgehead atoms. The van der Waals surface area contributed by atoms with E-state index in [9.17, 15) is 4.79 Å². The first kappa shape index (κ1) is 20.0. The van der Waals surface area contributed by atoms with Gasteiger partial charge in [-0.2, -0.15) is 5.10 Å². The van der Waals surface area contributed by atoms with Crippen LogP contribution in [0.3, 0.4) is 0 Å². The predicted molar refractivity (Wildman–Crippen MR) is 111 cm³/mol. The van der Waals surface area contributed by atoms with Crippen molar-refractivity contribution in [2.45, 2.75) is 12.6 Å². The van der Waals surface area contributed by atoms with Gasteiger partial charge >= 0.3 is 0 Å². The normalized spacial score (nSPS) is 16.5. The molecular formula is C22H26N4O4. The monoisotopic (exact) mass is 410 g/mol. The molecule has 0 radical (unpaired) electrons. The lowest BCUT2D eigenvalue weighted by Gasteiger charge is -2.35. The maximum atomic E-state index is 13.2. The molecule has 1 aliphatic rings. The summed E-state index contributed by atoms with van der Waals surface area (Å²) in [4.78, 5) is 15.1. The van der Waals surface area contributed by atoms with E-state index in [4.69, 9.17) is 14.2 Å². The van der Waals surface area contributed by atoms with Gasteiger partial charge in [0, 0.05) is 31.7 Å². The number of methoxy groups -OCH3 is 2. The molecule has 1 saturated heterocycles. The number of carbonyl (C=O) groups is 1. The maximum absolute atomic E-state index is 13.2. The van der Waals surface area contributed by atoms with Gasteiger partial charge in [0.1, 0.15) is 0 Å². The molecule has 0 spiro atoms. The summed E-state index contributed by atoms with van der Waals surface area (Å²) in [5, 5.41) is 4.39. The number of benzene rings is 1. The second kappa shape index (κ2) is 8.62. The minimum atomic E-state index is -0.111. The average molecular weight is 410 g/mol. The van der Waals surface area contributed by atoms with E-state index >= 15 is 0 Å². The van der Waals surface area contributed by atoms with E-state index in [-0.39, 0.29) is 11.9 Å². The Labute approximate surface area is 175 Å². The molecule has 0 N–H and O–H groups in total. The first-order chi connectivity index (χ1) is 14.6. The lowest BCUT2D eigenvalue weighted by atomic mass is 10.1. The number of nitrogens with zero attached hydrogens (tertiary/aromatic N) is 4. The van der Waals surface area contributed by atoms with Crippen molar-refractivity contribution in [2.75, 3.05) is 34.0 Å². The van der Waals surface area contributed by atoms with E-state index < -0.39 is 0 Å². The second-order valence-corrected chi connectivity index (χ2v) is 7.25. The lowest BCUT2D eigenvalue weighted by molar-refractivity contribution is -0.00463. The Morgan fingerprint density at radius 1 is 1.23 bits per heavy atom. The molecule has 1 fully saturated rings. The average Bonchev–Trinajstić information content (AvgIpc) is 3.42. The number of ether oxygens (including phenoxy) is 3. The van der Waals surface area contributed by atoms with Crippen molar-refractivity contribution >= 4 is 5.91 Å². The standard InChI is InChI=1S/C22H26N4O4/c1-24-8-4-5-18(24)19-15-30-10-9-26(19)22(27)17-12-23-25(14-17)13-16-6-7-20(28-2)21(11-16)29-3/h4-8,11-12,14,19H,9-10,13,15H2,1-3H3. The highest BCUT2D eigenvalue weighted by atomic mass is 16.5. The molecule has 1 amide bonds. The van der Waals surface area contributed by atoms with E-state index in [0.29, 0.717) is 43.4 Å². The van der Waals surface area contributed by atoms with Crippen LogP contribution in [0.25, 0.3) is 0 Å². The van der Waals surface area contributed by atoms with Crippen molar-refractivity contribution in [1.82, 2.24) is 19.2 Å². The summed E-state index contributed by atoms with van der Waals surface area (Å²) in [5.74, 6) is 1.30. The van der Waals surface area contributed by atoms with Gasteiger partial charge in [0.2, 0.25) is 0 Å². The largest absolute Gasteiger partial charge is 0.493 e. The fourth-order valence-electron chi connectivity index (χ4n) is 3.80. The van der Waals surface area contributed by atoms with Crippen LogP contribution in [-0.4, -0.2) is 59.1 Å². The molecule has 8 nitrogen and oxygen atoms in total. The quantitative estimate of drug-likeness (QED) is 0.625. The van der Waals surface area contributed by atoms with E-state index in [1.54, 1.807) is 31.3 Å². The van der Waals surface area contributed by atoms with Crippen molar-refractivity contribution in [3.63, 3.8) is 0 Å². The molecule has 4 rings (SSSR count). The number of hydrogen-bond acceptors (Lipinski definition) is 5. The summed E-state index contributed by atoms with van der Waals surface area (Å²) in [6.45, 7) is 2.10. The minimum Gasteiger partial charge on any atom is -0.493 e. The molecular weight excluding hydrogens is 384 g/mol. The molecule has 1 aromatic carbocycles. The summed E-state index contributed by atoms with van der Waals surface area (Å²) in [7, 11) is 5.20. The Balaban J connectivity index is 1.51. The molecule has 1 aliphatic heterocycles. The molecule has 158 valence electrons. The SMILES string of the molecule is COc1ccc(Cn2cc(C(=O)N3CCOCC3c3cccn3C)cn2)cc1OC. The van der Waals surface area contributed by atoms with Gasteiger partial charge in [0.25, 0.3) is 5.91 Å². The first-order valence-electron chi connectivity index (χ1n) is 9.84. The van der Waals surface area contributed by atoms with Crippen LogP contribution >= 0.6 is 0 Å². The van der Waals surface area contributed by atoms with Gasteiger partial charge in [-0.3, -0.25) is 9.48 Å². The topological polar surface area (TPSA) is 70.8 Å². The molecule has 1 atom stereocenters. The maximum Gasteiger partial charge on any atom is 0.257 e.